The summed E-state index contributed by atoms with van der Waals surface area (Å²) in [6.07, 6.45) is 0.888. The number of anilines is 1. The van der Waals surface area contributed by atoms with E-state index in [1.165, 1.54) is 0 Å². The van der Waals surface area contributed by atoms with E-state index in [-0.39, 0.29) is 11.4 Å². The van der Waals surface area contributed by atoms with Gasteiger partial charge in [0.15, 0.2) is 0 Å². The van der Waals surface area contributed by atoms with Crippen LogP contribution in [0.3, 0.4) is 0 Å². The molecule has 1 fully saturated rings. The molecule has 5 heteroatoms. The lowest BCUT2D eigenvalue weighted by molar-refractivity contribution is 0.214. The highest BCUT2D eigenvalue weighted by Gasteiger charge is 2.31. The summed E-state index contributed by atoms with van der Waals surface area (Å²) >= 11 is 1.79. The largest absolute Gasteiger partial charge is 0.489 e. The first-order valence-corrected chi connectivity index (χ1v) is 11.3. The van der Waals surface area contributed by atoms with Gasteiger partial charge in [0.05, 0.1) is 0 Å². The zero-order valence-corrected chi connectivity index (χ0v) is 17.9. The fourth-order valence-electron chi connectivity index (χ4n) is 3.56. The van der Waals surface area contributed by atoms with Gasteiger partial charge in [-0.15, -0.1) is 11.8 Å². The van der Waals surface area contributed by atoms with Gasteiger partial charge in [0.1, 0.15) is 17.7 Å². The van der Waals surface area contributed by atoms with Gasteiger partial charge in [-0.2, -0.15) is 0 Å². The van der Waals surface area contributed by atoms with Crippen molar-refractivity contribution >= 4 is 23.5 Å². The average Bonchev–Trinajstić information content (AvgIpc) is 3.29. The summed E-state index contributed by atoms with van der Waals surface area (Å²) in [5, 5.41) is 3.12. The molecule has 4 rings (SSSR count). The summed E-state index contributed by atoms with van der Waals surface area (Å²) in [7, 11) is 0. The first-order chi connectivity index (χ1) is 14.7. The number of ether oxygens (including phenoxy) is 1. The second kappa shape index (κ2) is 9.72. The van der Waals surface area contributed by atoms with E-state index < -0.39 is 0 Å². The number of thioether (sulfide) groups is 1. The molecule has 3 aromatic carbocycles. The van der Waals surface area contributed by atoms with E-state index in [1.807, 2.05) is 53.4 Å². The number of aryl methyl sites for hydroxylation is 1. The first kappa shape index (κ1) is 20.4. The average molecular weight is 419 g/mol. The number of nitrogens with one attached hydrogen (secondary N) is 1. The molecule has 2 amide bonds. The van der Waals surface area contributed by atoms with E-state index in [2.05, 4.69) is 42.6 Å². The molecule has 30 heavy (non-hydrogen) atoms. The zero-order valence-electron chi connectivity index (χ0n) is 17.1. The molecule has 1 atom stereocenters. The molecule has 1 saturated heterocycles. The number of hydrogen-bond acceptors (Lipinski definition) is 3. The summed E-state index contributed by atoms with van der Waals surface area (Å²) in [6, 6.07) is 26.2. The Bertz CT molecular complexity index is 976. The molecule has 0 radical (unpaired) electrons. The minimum atomic E-state index is -0.0460. The van der Waals surface area contributed by atoms with Crippen molar-refractivity contribution < 1.29 is 9.53 Å². The first-order valence-electron chi connectivity index (χ1n) is 10.3. The Labute approximate surface area is 182 Å². The number of para-hydroxylation sites is 1. The van der Waals surface area contributed by atoms with Crippen LogP contribution in [0.25, 0.3) is 0 Å². The molecule has 0 aliphatic carbocycles. The predicted octanol–water partition coefficient (Wildman–Crippen LogP) is 6.11. The fraction of sp³-hybridized carbons (Fsp3) is 0.240. The third kappa shape index (κ3) is 4.79. The molecular weight excluding hydrogens is 392 g/mol. The fourth-order valence-corrected chi connectivity index (χ4v) is 4.82. The number of amides is 2. The van der Waals surface area contributed by atoms with E-state index >= 15 is 0 Å². The van der Waals surface area contributed by atoms with E-state index in [4.69, 9.17) is 4.74 Å². The summed E-state index contributed by atoms with van der Waals surface area (Å²) < 4.78 is 5.89. The quantitative estimate of drug-likeness (QED) is 0.525. The van der Waals surface area contributed by atoms with Crippen molar-refractivity contribution in [1.29, 1.82) is 0 Å². The van der Waals surface area contributed by atoms with E-state index in [0.717, 1.165) is 46.8 Å². The lowest BCUT2D eigenvalue weighted by atomic mass is 10.1. The molecule has 154 valence electrons. The Morgan fingerprint density at radius 2 is 1.77 bits per heavy atom. The predicted molar refractivity (Wildman–Crippen MR) is 124 cm³/mol. The van der Waals surface area contributed by atoms with Crippen molar-refractivity contribution in [3.05, 3.63) is 95.6 Å². The molecular formula is C25H26N2O2S. The van der Waals surface area contributed by atoms with Gasteiger partial charge in [0.2, 0.25) is 0 Å². The molecule has 1 N–H and O–H groups in total. The van der Waals surface area contributed by atoms with Crippen LogP contribution in [0.2, 0.25) is 0 Å². The lowest BCUT2D eigenvalue weighted by Crippen LogP contribution is -2.34. The van der Waals surface area contributed by atoms with Gasteiger partial charge in [-0.1, -0.05) is 67.6 Å². The molecule has 1 aliphatic heterocycles. The van der Waals surface area contributed by atoms with Crippen molar-refractivity contribution in [2.75, 3.05) is 17.6 Å². The van der Waals surface area contributed by atoms with Gasteiger partial charge in [-0.25, -0.2) is 4.79 Å². The Balaban J connectivity index is 1.41. The van der Waals surface area contributed by atoms with Crippen LogP contribution in [0, 0.1) is 0 Å². The number of rotatable bonds is 6. The molecule has 0 aromatic heterocycles. The summed E-state index contributed by atoms with van der Waals surface area (Å²) in [5.74, 6) is 1.76. The molecule has 1 heterocycles. The van der Waals surface area contributed by atoms with E-state index in [0.29, 0.717) is 6.61 Å². The molecule has 4 nitrogen and oxygen atoms in total. The van der Waals surface area contributed by atoms with Crippen LogP contribution in [0.5, 0.6) is 5.75 Å². The van der Waals surface area contributed by atoms with Gasteiger partial charge in [0, 0.05) is 18.0 Å². The number of hydrogen-bond donors (Lipinski definition) is 1. The van der Waals surface area contributed by atoms with Crippen molar-refractivity contribution in [2.24, 2.45) is 0 Å². The maximum atomic E-state index is 13.0. The Morgan fingerprint density at radius 1 is 1.03 bits per heavy atom. The second-order valence-corrected chi connectivity index (χ2v) is 8.39. The Hall–Kier alpha value is -2.92. The third-order valence-corrected chi connectivity index (χ3v) is 6.47. The summed E-state index contributed by atoms with van der Waals surface area (Å²) in [4.78, 5) is 14.9. The van der Waals surface area contributed by atoms with Gasteiger partial charge < -0.3 is 15.0 Å². The van der Waals surface area contributed by atoms with Crippen LogP contribution in [0.4, 0.5) is 10.5 Å². The standard InChI is InChI=1S/C25H26N2O2S/c1-2-20-10-6-7-11-23(20)26-25(28)27-16-17-30-24(27)21-12-14-22(15-13-21)29-18-19-8-4-3-5-9-19/h3-15,24H,2,16-18H2,1H3,(H,26,28)/t24-/m1/s1. The van der Waals surface area contributed by atoms with Crippen molar-refractivity contribution in [2.45, 2.75) is 25.3 Å². The van der Waals surface area contributed by atoms with Crippen LogP contribution in [-0.4, -0.2) is 23.2 Å². The highest BCUT2D eigenvalue weighted by atomic mass is 32.2. The monoisotopic (exact) mass is 418 g/mol. The van der Waals surface area contributed by atoms with Gasteiger partial charge in [0.25, 0.3) is 0 Å². The maximum absolute atomic E-state index is 13.0. The molecule has 0 bridgehead atoms. The molecule has 0 spiro atoms. The molecule has 3 aromatic rings. The van der Waals surface area contributed by atoms with Gasteiger partial charge in [-0.05, 0) is 41.3 Å². The van der Waals surface area contributed by atoms with Crippen LogP contribution in [-0.2, 0) is 13.0 Å². The SMILES string of the molecule is CCc1ccccc1NC(=O)N1CCS[C@@H]1c1ccc(OCc2ccccc2)cc1. The van der Waals surface area contributed by atoms with Crippen LogP contribution < -0.4 is 10.1 Å². The number of urea groups is 1. The molecule has 0 saturated carbocycles. The zero-order chi connectivity index (χ0) is 20.8. The van der Waals surface area contributed by atoms with Crippen molar-refractivity contribution in [3.63, 3.8) is 0 Å². The minimum absolute atomic E-state index is 0.0157. The highest BCUT2D eigenvalue weighted by molar-refractivity contribution is 7.99. The highest BCUT2D eigenvalue weighted by Crippen LogP contribution is 2.38. The smallest absolute Gasteiger partial charge is 0.323 e. The van der Waals surface area contributed by atoms with Crippen LogP contribution >= 0.6 is 11.8 Å². The lowest BCUT2D eigenvalue weighted by Gasteiger charge is -2.25. The van der Waals surface area contributed by atoms with Crippen LogP contribution in [0.15, 0.2) is 78.9 Å². The van der Waals surface area contributed by atoms with Crippen LogP contribution in [0.1, 0.15) is 29.0 Å². The van der Waals surface area contributed by atoms with E-state index in [1.54, 1.807) is 11.8 Å². The van der Waals surface area contributed by atoms with Crippen molar-refractivity contribution in [3.8, 4) is 5.75 Å². The Morgan fingerprint density at radius 3 is 2.53 bits per heavy atom. The normalized spacial score (nSPS) is 15.8. The molecule has 0 unspecified atom stereocenters. The number of benzene rings is 3. The summed E-state index contributed by atoms with van der Waals surface area (Å²) in [6.45, 7) is 3.38. The Kier molecular flexibility index (Phi) is 6.60. The summed E-state index contributed by atoms with van der Waals surface area (Å²) in [5.41, 5.74) is 4.30. The maximum Gasteiger partial charge on any atom is 0.323 e. The van der Waals surface area contributed by atoms with Gasteiger partial charge in [-0.3, -0.25) is 0 Å². The molecule has 1 aliphatic rings. The number of carbonyl (C=O) groups excluding carboxylic acids is 1. The topological polar surface area (TPSA) is 41.6 Å². The van der Waals surface area contributed by atoms with E-state index in [9.17, 15) is 4.79 Å². The number of carbonyl (C=O) groups is 1. The third-order valence-electron chi connectivity index (χ3n) is 5.21. The second-order valence-electron chi connectivity index (χ2n) is 7.20. The van der Waals surface area contributed by atoms with Gasteiger partial charge >= 0.3 is 6.03 Å². The minimum Gasteiger partial charge on any atom is -0.489 e. The van der Waals surface area contributed by atoms with Crippen molar-refractivity contribution in [1.82, 2.24) is 4.90 Å². The number of nitrogens with zero attached hydrogens (tertiary/aromatic N) is 1.